The van der Waals surface area contributed by atoms with Gasteiger partial charge in [0, 0.05) is 25.2 Å². The number of anilines is 1. The van der Waals surface area contributed by atoms with E-state index in [0.29, 0.717) is 17.9 Å². The Hall–Kier alpha value is -1.27. The minimum atomic E-state index is -0.478. The third kappa shape index (κ3) is 1.85. The van der Waals surface area contributed by atoms with Crippen LogP contribution in [0.1, 0.15) is 0 Å². The molecule has 0 amide bonds. The number of hydrogen-bond donors (Lipinski definition) is 1. The van der Waals surface area contributed by atoms with Crippen molar-refractivity contribution in [3.05, 3.63) is 18.3 Å². The zero-order valence-corrected chi connectivity index (χ0v) is 8.77. The largest absolute Gasteiger partial charge is 0.378 e. The molecule has 6 heteroatoms. The molecule has 2 aliphatic heterocycles. The summed E-state index contributed by atoms with van der Waals surface area (Å²) in [5.41, 5.74) is 0. The van der Waals surface area contributed by atoms with Crippen LogP contribution >= 0.6 is 0 Å². The number of nitrogens with zero attached hydrogens (tertiary/aromatic N) is 3. The first-order valence-electron chi connectivity index (χ1n) is 5.37. The molecule has 2 fully saturated rings. The molecule has 0 saturated carbocycles. The second kappa shape index (κ2) is 3.95. The van der Waals surface area contributed by atoms with Gasteiger partial charge in [0.2, 0.25) is 5.95 Å². The number of rotatable bonds is 3. The second-order valence-corrected chi connectivity index (χ2v) is 4.20. The number of hydrogen-bond acceptors (Lipinski definition) is 5. The Morgan fingerprint density at radius 1 is 1.31 bits per heavy atom. The molecular formula is C10H13FN4O. The van der Waals surface area contributed by atoms with Crippen molar-refractivity contribution >= 4 is 5.82 Å². The molecule has 86 valence electrons. The molecule has 2 aliphatic rings. The fourth-order valence-corrected chi connectivity index (χ4v) is 1.93. The van der Waals surface area contributed by atoms with E-state index in [2.05, 4.69) is 15.3 Å². The molecule has 3 heterocycles. The summed E-state index contributed by atoms with van der Waals surface area (Å²) >= 11 is 0. The Labute approximate surface area is 92.6 Å². The van der Waals surface area contributed by atoms with Crippen LogP contribution in [0.3, 0.4) is 0 Å². The van der Waals surface area contributed by atoms with Crippen molar-refractivity contribution in [3.63, 3.8) is 0 Å². The van der Waals surface area contributed by atoms with E-state index in [-0.39, 0.29) is 0 Å². The Morgan fingerprint density at radius 2 is 2.12 bits per heavy atom. The lowest BCUT2D eigenvalue weighted by atomic mass is 10.1. The molecule has 2 saturated heterocycles. The molecule has 0 aromatic carbocycles. The van der Waals surface area contributed by atoms with Crippen LogP contribution in [-0.4, -0.2) is 48.4 Å². The minimum Gasteiger partial charge on any atom is -0.378 e. The zero-order chi connectivity index (χ0) is 11.0. The van der Waals surface area contributed by atoms with Crippen LogP contribution in [-0.2, 0) is 4.74 Å². The lowest BCUT2D eigenvalue weighted by molar-refractivity contribution is -0.0114. The first kappa shape index (κ1) is 9.92. The molecule has 0 aliphatic carbocycles. The highest BCUT2D eigenvalue weighted by Gasteiger charge is 2.31. The average molecular weight is 224 g/mol. The van der Waals surface area contributed by atoms with Crippen molar-refractivity contribution in [1.82, 2.24) is 15.3 Å². The van der Waals surface area contributed by atoms with Crippen molar-refractivity contribution in [2.45, 2.75) is 12.1 Å². The molecule has 1 aromatic rings. The lowest BCUT2D eigenvalue weighted by Crippen LogP contribution is -2.63. The Kier molecular flexibility index (Phi) is 2.45. The highest BCUT2D eigenvalue weighted by Crippen LogP contribution is 2.18. The van der Waals surface area contributed by atoms with Crippen LogP contribution in [0.2, 0.25) is 0 Å². The van der Waals surface area contributed by atoms with Gasteiger partial charge < -0.3 is 15.0 Å². The maximum atomic E-state index is 12.8. The minimum absolute atomic E-state index is 0.465. The summed E-state index contributed by atoms with van der Waals surface area (Å²) in [4.78, 5) is 9.50. The van der Waals surface area contributed by atoms with E-state index in [4.69, 9.17) is 4.74 Å². The number of ether oxygens (including phenoxy) is 1. The highest BCUT2D eigenvalue weighted by atomic mass is 19.1. The Bertz CT molecular complexity index is 379. The van der Waals surface area contributed by atoms with Gasteiger partial charge in [0.25, 0.3) is 0 Å². The predicted octanol–water partition coefficient (Wildman–Crippen LogP) is -0.207. The van der Waals surface area contributed by atoms with Crippen LogP contribution in [0, 0.1) is 5.95 Å². The van der Waals surface area contributed by atoms with E-state index in [1.54, 1.807) is 0 Å². The van der Waals surface area contributed by atoms with Gasteiger partial charge in [-0.05, 0) is 0 Å². The van der Waals surface area contributed by atoms with E-state index in [1.807, 2.05) is 4.90 Å². The van der Waals surface area contributed by atoms with Gasteiger partial charge in [0.15, 0.2) is 0 Å². The Morgan fingerprint density at radius 3 is 2.75 bits per heavy atom. The average Bonchev–Trinajstić information content (AvgIpc) is 2.12. The van der Waals surface area contributed by atoms with Crippen LogP contribution in [0.25, 0.3) is 0 Å². The van der Waals surface area contributed by atoms with Gasteiger partial charge in [-0.1, -0.05) is 0 Å². The van der Waals surface area contributed by atoms with Crippen molar-refractivity contribution in [2.75, 3.05) is 31.2 Å². The van der Waals surface area contributed by atoms with Crippen LogP contribution in [0.15, 0.2) is 12.4 Å². The quantitative estimate of drug-likeness (QED) is 0.720. The molecule has 5 nitrogen and oxygen atoms in total. The van der Waals surface area contributed by atoms with Gasteiger partial charge in [-0.25, -0.2) is 9.97 Å². The fraction of sp³-hybridized carbons (Fsp3) is 0.600. The first-order chi connectivity index (χ1) is 7.81. The third-order valence-electron chi connectivity index (χ3n) is 2.93. The van der Waals surface area contributed by atoms with Gasteiger partial charge in [-0.2, -0.15) is 4.39 Å². The van der Waals surface area contributed by atoms with E-state index in [9.17, 15) is 4.39 Å². The van der Waals surface area contributed by atoms with Crippen molar-refractivity contribution < 1.29 is 9.13 Å². The summed E-state index contributed by atoms with van der Waals surface area (Å²) in [7, 11) is 0. The predicted molar refractivity (Wildman–Crippen MR) is 55.7 cm³/mol. The van der Waals surface area contributed by atoms with Gasteiger partial charge >= 0.3 is 0 Å². The van der Waals surface area contributed by atoms with Crippen molar-refractivity contribution in [1.29, 1.82) is 0 Å². The number of nitrogens with one attached hydrogen (secondary N) is 1. The van der Waals surface area contributed by atoms with Gasteiger partial charge in [-0.3, -0.25) is 0 Å². The summed E-state index contributed by atoms with van der Waals surface area (Å²) in [6.07, 6.45) is 1.26. The van der Waals surface area contributed by atoms with Gasteiger partial charge in [0.1, 0.15) is 12.1 Å². The molecule has 1 aromatic heterocycles. The van der Waals surface area contributed by atoms with E-state index in [0.717, 1.165) is 26.3 Å². The summed E-state index contributed by atoms with van der Waals surface area (Å²) in [6.45, 7) is 3.34. The molecule has 0 spiro atoms. The summed E-state index contributed by atoms with van der Waals surface area (Å²) in [6, 6.07) is 2.32. The van der Waals surface area contributed by atoms with Crippen LogP contribution in [0.4, 0.5) is 10.2 Å². The molecule has 0 bridgehead atoms. The molecule has 0 unspecified atom stereocenters. The standard InChI is InChI=1S/C10H13FN4O/c11-9-1-10(13-6-12-9)15-2-7(3-15)14-8-4-16-5-8/h1,6-8,14H,2-5H2. The third-order valence-corrected chi connectivity index (χ3v) is 2.93. The normalized spacial score (nSPS) is 21.7. The molecule has 16 heavy (non-hydrogen) atoms. The molecule has 1 N–H and O–H groups in total. The number of halogens is 1. The zero-order valence-electron chi connectivity index (χ0n) is 8.77. The summed E-state index contributed by atoms with van der Waals surface area (Å²) in [5, 5.41) is 3.46. The second-order valence-electron chi connectivity index (χ2n) is 4.20. The maximum absolute atomic E-state index is 12.8. The molecule has 0 atom stereocenters. The van der Waals surface area contributed by atoms with Crippen LogP contribution in [0.5, 0.6) is 0 Å². The molecular weight excluding hydrogens is 211 g/mol. The summed E-state index contributed by atoms with van der Waals surface area (Å²) in [5.74, 6) is 0.184. The van der Waals surface area contributed by atoms with Crippen molar-refractivity contribution in [2.24, 2.45) is 0 Å². The fourth-order valence-electron chi connectivity index (χ4n) is 1.93. The lowest BCUT2D eigenvalue weighted by Gasteiger charge is -2.43. The first-order valence-corrected chi connectivity index (χ1v) is 5.37. The maximum Gasteiger partial charge on any atom is 0.218 e. The van der Waals surface area contributed by atoms with E-state index < -0.39 is 5.95 Å². The molecule has 3 rings (SSSR count). The Balaban J connectivity index is 1.52. The topological polar surface area (TPSA) is 50.3 Å². The summed E-state index contributed by atoms with van der Waals surface area (Å²) < 4.78 is 17.9. The SMILES string of the molecule is Fc1cc(N2CC(NC3COC3)C2)ncn1. The highest BCUT2D eigenvalue weighted by molar-refractivity contribution is 5.41. The van der Waals surface area contributed by atoms with Gasteiger partial charge in [-0.15, -0.1) is 0 Å². The number of aromatic nitrogens is 2. The monoisotopic (exact) mass is 224 g/mol. The smallest absolute Gasteiger partial charge is 0.218 e. The van der Waals surface area contributed by atoms with Gasteiger partial charge in [0.05, 0.1) is 19.3 Å². The molecule has 0 radical (unpaired) electrons. The van der Waals surface area contributed by atoms with E-state index in [1.165, 1.54) is 12.4 Å². The van der Waals surface area contributed by atoms with Crippen LogP contribution < -0.4 is 10.2 Å². The van der Waals surface area contributed by atoms with E-state index >= 15 is 0 Å². The van der Waals surface area contributed by atoms with Crippen molar-refractivity contribution in [3.8, 4) is 0 Å².